The molecule has 1 heterocycles. The predicted octanol–water partition coefficient (Wildman–Crippen LogP) is 1.88. The number of likely N-dealkylation sites (tertiary alicyclic amines) is 1. The molecule has 0 aliphatic carbocycles. The van der Waals surface area contributed by atoms with E-state index in [9.17, 15) is 14.4 Å². The highest BCUT2D eigenvalue weighted by Gasteiger charge is 2.28. The van der Waals surface area contributed by atoms with Crippen molar-refractivity contribution < 1.29 is 19.1 Å². The second-order valence-corrected chi connectivity index (χ2v) is 7.46. The van der Waals surface area contributed by atoms with Crippen LogP contribution in [-0.4, -0.2) is 78.0 Å². The molecule has 1 aliphatic rings. The maximum absolute atomic E-state index is 12.4. The number of carbonyl (C=O) groups excluding carboxylic acids is 3. The van der Waals surface area contributed by atoms with Gasteiger partial charge in [-0.25, -0.2) is 4.79 Å². The van der Waals surface area contributed by atoms with Crippen LogP contribution in [0.1, 0.15) is 40.0 Å². The van der Waals surface area contributed by atoms with Crippen molar-refractivity contribution in [1.29, 1.82) is 0 Å². The number of ether oxygens (including phenoxy) is 1. The molecule has 7 heteroatoms. The van der Waals surface area contributed by atoms with E-state index < -0.39 is 5.60 Å². The summed E-state index contributed by atoms with van der Waals surface area (Å²) < 4.78 is 5.42. The summed E-state index contributed by atoms with van der Waals surface area (Å²) >= 11 is 0. The monoisotopic (exact) mass is 353 g/mol. The number of amides is 3. The Morgan fingerprint density at radius 1 is 1.20 bits per heavy atom. The quantitative estimate of drug-likeness (QED) is 0.724. The van der Waals surface area contributed by atoms with E-state index in [1.807, 2.05) is 20.8 Å². The maximum atomic E-state index is 12.4. The zero-order valence-corrected chi connectivity index (χ0v) is 16.1. The van der Waals surface area contributed by atoms with E-state index in [-0.39, 0.29) is 30.5 Å². The first kappa shape index (κ1) is 21.0. The average Bonchev–Trinajstić information content (AvgIpc) is 2.77. The third-order valence-corrected chi connectivity index (χ3v) is 4.21. The van der Waals surface area contributed by atoms with Gasteiger partial charge in [0.25, 0.3) is 0 Å². The second-order valence-electron chi connectivity index (χ2n) is 7.46. The molecule has 25 heavy (non-hydrogen) atoms. The molecule has 0 bridgehead atoms. The van der Waals surface area contributed by atoms with Crippen LogP contribution in [0.2, 0.25) is 0 Å². The van der Waals surface area contributed by atoms with Gasteiger partial charge in [0.15, 0.2) is 0 Å². The van der Waals surface area contributed by atoms with Crippen molar-refractivity contribution in [2.24, 2.45) is 0 Å². The third kappa shape index (κ3) is 6.76. The van der Waals surface area contributed by atoms with Gasteiger partial charge in [0.05, 0.1) is 6.54 Å². The van der Waals surface area contributed by atoms with E-state index in [4.69, 9.17) is 4.74 Å². The summed E-state index contributed by atoms with van der Waals surface area (Å²) in [4.78, 5) is 40.8. The van der Waals surface area contributed by atoms with Crippen LogP contribution < -0.4 is 0 Å². The first-order valence-electron chi connectivity index (χ1n) is 8.66. The van der Waals surface area contributed by atoms with E-state index >= 15 is 0 Å². The van der Waals surface area contributed by atoms with Gasteiger partial charge in [-0.1, -0.05) is 6.58 Å². The summed E-state index contributed by atoms with van der Waals surface area (Å²) in [6.07, 6.45) is 3.21. The summed E-state index contributed by atoms with van der Waals surface area (Å²) in [5.74, 6) is -0.396. The number of hydrogen-bond acceptors (Lipinski definition) is 4. The van der Waals surface area contributed by atoms with Crippen LogP contribution >= 0.6 is 0 Å². The summed E-state index contributed by atoms with van der Waals surface area (Å²) in [5.41, 5.74) is -0.516. The Kier molecular flexibility index (Phi) is 7.45. The standard InChI is InChI=1S/C18H31N3O4/c1-7-15(22)19(5)13-16(23)20(6)14-9-8-11-21(12-10-14)17(24)25-18(2,3)4/h7,14H,1,8-13H2,2-6H3. The third-order valence-electron chi connectivity index (χ3n) is 4.21. The minimum atomic E-state index is -0.516. The number of likely N-dealkylation sites (N-methyl/N-ethyl adjacent to an activating group) is 2. The summed E-state index contributed by atoms with van der Waals surface area (Å²) in [6.45, 7) is 10.2. The van der Waals surface area contributed by atoms with Crippen LogP contribution in [0.15, 0.2) is 12.7 Å². The molecule has 0 radical (unpaired) electrons. The van der Waals surface area contributed by atoms with Gasteiger partial charge >= 0.3 is 6.09 Å². The normalized spacial score (nSPS) is 18.1. The number of hydrogen-bond donors (Lipinski definition) is 0. The van der Waals surface area contributed by atoms with Crippen molar-refractivity contribution in [3.63, 3.8) is 0 Å². The summed E-state index contributed by atoms with van der Waals surface area (Å²) in [5, 5.41) is 0. The zero-order valence-electron chi connectivity index (χ0n) is 16.1. The minimum Gasteiger partial charge on any atom is -0.444 e. The Morgan fingerprint density at radius 2 is 1.84 bits per heavy atom. The summed E-state index contributed by atoms with van der Waals surface area (Å²) in [7, 11) is 3.33. The molecule has 1 saturated heterocycles. The first-order valence-corrected chi connectivity index (χ1v) is 8.66. The molecule has 0 aromatic rings. The van der Waals surface area contributed by atoms with Gasteiger partial charge in [-0.3, -0.25) is 9.59 Å². The molecule has 0 aromatic heterocycles. The number of nitrogens with zero attached hydrogens (tertiary/aromatic N) is 3. The van der Waals surface area contributed by atoms with Crippen molar-refractivity contribution in [3.8, 4) is 0 Å². The Labute approximate surface area is 150 Å². The van der Waals surface area contributed by atoms with Crippen molar-refractivity contribution in [3.05, 3.63) is 12.7 Å². The van der Waals surface area contributed by atoms with Gasteiger partial charge in [-0.2, -0.15) is 0 Å². The lowest BCUT2D eigenvalue weighted by Crippen LogP contribution is -2.44. The minimum absolute atomic E-state index is 0.0215. The number of carbonyl (C=O) groups is 3. The fourth-order valence-corrected chi connectivity index (χ4v) is 2.73. The van der Waals surface area contributed by atoms with Crippen LogP contribution in [0, 0.1) is 0 Å². The molecule has 1 unspecified atom stereocenters. The van der Waals surface area contributed by atoms with E-state index in [2.05, 4.69) is 6.58 Å². The molecular formula is C18H31N3O4. The van der Waals surface area contributed by atoms with Crippen LogP contribution in [-0.2, 0) is 14.3 Å². The number of rotatable bonds is 4. The Bertz CT molecular complexity index is 513. The Balaban J connectivity index is 2.58. The highest BCUT2D eigenvalue weighted by atomic mass is 16.6. The van der Waals surface area contributed by atoms with Gasteiger partial charge < -0.3 is 19.4 Å². The van der Waals surface area contributed by atoms with Crippen LogP contribution in [0.5, 0.6) is 0 Å². The Morgan fingerprint density at radius 3 is 2.40 bits per heavy atom. The lowest BCUT2D eigenvalue weighted by Gasteiger charge is -2.29. The first-order chi connectivity index (χ1) is 11.5. The van der Waals surface area contributed by atoms with Gasteiger partial charge in [-0.05, 0) is 46.1 Å². The van der Waals surface area contributed by atoms with Crippen molar-refractivity contribution in [2.75, 3.05) is 33.7 Å². The molecule has 1 rings (SSSR count). The topological polar surface area (TPSA) is 70.2 Å². The van der Waals surface area contributed by atoms with E-state index in [1.165, 1.54) is 11.0 Å². The molecule has 0 saturated carbocycles. The predicted molar refractivity (Wildman–Crippen MR) is 96.1 cm³/mol. The smallest absolute Gasteiger partial charge is 0.410 e. The largest absolute Gasteiger partial charge is 0.444 e. The molecule has 7 nitrogen and oxygen atoms in total. The maximum Gasteiger partial charge on any atom is 0.410 e. The van der Waals surface area contributed by atoms with E-state index in [0.29, 0.717) is 19.5 Å². The molecule has 142 valence electrons. The van der Waals surface area contributed by atoms with E-state index in [1.54, 1.807) is 23.9 Å². The van der Waals surface area contributed by atoms with Crippen molar-refractivity contribution >= 4 is 17.9 Å². The Hall–Kier alpha value is -2.05. The highest BCUT2D eigenvalue weighted by molar-refractivity contribution is 5.90. The molecule has 0 aromatic carbocycles. The fraction of sp³-hybridized carbons (Fsp3) is 0.722. The molecule has 0 spiro atoms. The summed E-state index contributed by atoms with van der Waals surface area (Å²) in [6, 6.07) is 0.0483. The highest BCUT2D eigenvalue weighted by Crippen LogP contribution is 2.18. The molecule has 0 N–H and O–H groups in total. The van der Waals surface area contributed by atoms with Gasteiger partial charge in [0.1, 0.15) is 5.60 Å². The molecular weight excluding hydrogens is 322 g/mol. The van der Waals surface area contributed by atoms with Crippen molar-refractivity contribution in [1.82, 2.24) is 14.7 Å². The van der Waals surface area contributed by atoms with Gasteiger partial charge in [-0.15, -0.1) is 0 Å². The lowest BCUT2D eigenvalue weighted by atomic mass is 10.1. The van der Waals surface area contributed by atoms with E-state index in [0.717, 1.165) is 12.8 Å². The molecule has 3 amide bonds. The zero-order chi connectivity index (χ0) is 19.2. The van der Waals surface area contributed by atoms with Crippen LogP contribution in [0.3, 0.4) is 0 Å². The van der Waals surface area contributed by atoms with Crippen molar-refractivity contribution in [2.45, 2.75) is 51.7 Å². The van der Waals surface area contributed by atoms with Crippen LogP contribution in [0.4, 0.5) is 4.79 Å². The van der Waals surface area contributed by atoms with Gasteiger partial charge in [0, 0.05) is 33.2 Å². The fourth-order valence-electron chi connectivity index (χ4n) is 2.73. The second kappa shape index (κ2) is 8.87. The van der Waals surface area contributed by atoms with Crippen LogP contribution in [0.25, 0.3) is 0 Å². The average molecular weight is 353 g/mol. The molecule has 1 aliphatic heterocycles. The SMILES string of the molecule is C=CC(=O)N(C)CC(=O)N(C)C1CCCN(C(=O)OC(C)(C)C)CC1. The van der Waals surface area contributed by atoms with Gasteiger partial charge in [0.2, 0.25) is 11.8 Å². The molecule has 1 fully saturated rings. The lowest BCUT2D eigenvalue weighted by molar-refractivity contribution is -0.137. The molecule has 1 atom stereocenters.